The van der Waals surface area contributed by atoms with Crippen LogP contribution in [0.25, 0.3) is 0 Å². The van der Waals surface area contributed by atoms with E-state index in [2.05, 4.69) is 5.32 Å². The van der Waals surface area contributed by atoms with Crippen molar-refractivity contribution in [2.75, 3.05) is 0 Å². The fourth-order valence-corrected chi connectivity index (χ4v) is 2.07. The number of ether oxygens (including phenoxy) is 1. The Balaban J connectivity index is 1.98. The van der Waals surface area contributed by atoms with E-state index in [9.17, 15) is 4.79 Å². The monoisotopic (exact) mass is 297 g/mol. The van der Waals surface area contributed by atoms with Crippen LogP contribution in [0.1, 0.15) is 38.8 Å². The summed E-state index contributed by atoms with van der Waals surface area (Å²) in [4.78, 5) is 11.9. The van der Waals surface area contributed by atoms with Crippen LogP contribution in [0, 0.1) is 5.92 Å². The molecule has 3 nitrogen and oxygen atoms in total. The lowest BCUT2D eigenvalue weighted by molar-refractivity contribution is -0.125. The van der Waals surface area contributed by atoms with Crippen molar-refractivity contribution in [3.05, 3.63) is 60.2 Å². The number of para-hydroxylation sites is 1. The van der Waals surface area contributed by atoms with Crippen molar-refractivity contribution in [2.45, 2.75) is 33.2 Å². The molecule has 2 rings (SSSR count). The van der Waals surface area contributed by atoms with Gasteiger partial charge in [-0.1, -0.05) is 44.2 Å². The number of nitrogens with one attached hydrogen (secondary N) is 1. The largest absolute Gasteiger partial charge is 0.457 e. The summed E-state index contributed by atoms with van der Waals surface area (Å²) in [6.07, 6.45) is 0.850. The molecular weight excluding hydrogens is 274 g/mol. The Hall–Kier alpha value is -2.29. The molecule has 0 radical (unpaired) electrons. The summed E-state index contributed by atoms with van der Waals surface area (Å²) >= 11 is 0. The molecule has 0 aliphatic heterocycles. The highest BCUT2D eigenvalue weighted by Gasteiger charge is 2.14. The molecule has 0 saturated carbocycles. The Morgan fingerprint density at radius 1 is 1.00 bits per heavy atom. The number of hydrogen-bond acceptors (Lipinski definition) is 2. The Morgan fingerprint density at radius 3 is 2.18 bits per heavy atom. The fraction of sp³-hybridized carbons (Fsp3) is 0.316. The number of carbonyl (C=O) groups excluding carboxylic acids is 1. The lowest BCUT2D eigenvalue weighted by Gasteiger charge is -2.17. The third-order valence-corrected chi connectivity index (χ3v) is 3.78. The highest BCUT2D eigenvalue weighted by molar-refractivity contribution is 5.78. The number of amides is 1. The molecular formula is C19H23NO2. The summed E-state index contributed by atoms with van der Waals surface area (Å²) in [6, 6.07) is 17.5. The molecule has 0 heterocycles. The third kappa shape index (κ3) is 4.35. The van der Waals surface area contributed by atoms with Gasteiger partial charge < -0.3 is 10.1 Å². The normalized spacial score (nSPS) is 13.2. The smallest absolute Gasteiger partial charge is 0.223 e. The lowest BCUT2D eigenvalue weighted by atomic mass is 10.1. The summed E-state index contributed by atoms with van der Waals surface area (Å²) < 4.78 is 5.76. The van der Waals surface area contributed by atoms with Crippen LogP contribution < -0.4 is 10.1 Å². The average molecular weight is 297 g/mol. The quantitative estimate of drug-likeness (QED) is 0.839. The molecule has 0 spiro atoms. The number of hydrogen-bond donors (Lipinski definition) is 1. The fourth-order valence-electron chi connectivity index (χ4n) is 2.07. The van der Waals surface area contributed by atoms with Crippen molar-refractivity contribution < 1.29 is 9.53 Å². The van der Waals surface area contributed by atoms with Gasteiger partial charge in [0.1, 0.15) is 11.5 Å². The maximum absolute atomic E-state index is 11.9. The van der Waals surface area contributed by atoms with Crippen LogP contribution in [0.4, 0.5) is 0 Å². The van der Waals surface area contributed by atoms with E-state index in [0.29, 0.717) is 0 Å². The van der Waals surface area contributed by atoms with Gasteiger partial charge in [-0.05, 0) is 43.2 Å². The molecule has 0 aliphatic rings. The van der Waals surface area contributed by atoms with Crippen LogP contribution >= 0.6 is 0 Å². The third-order valence-electron chi connectivity index (χ3n) is 3.78. The maximum atomic E-state index is 11.9. The second kappa shape index (κ2) is 7.64. The van der Waals surface area contributed by atoms with E-state index in [0.717, 1.165) is 23.5 Å². The van der Waals surface area contributed by atoms with Crippen LogP contribution in [0.3, 0.4) is 0 Å². The van der Waals surface area contributed by atoms with Gasteiger partial charge in [0.25, 0.3) is 0 Å². The SMILES string of the molecule is CC[C@H](C)C(=O)N[C@@H](C)c1ccc(Oc2ccccc2)cc1. The van der Waals surface area contributed by atoms with E-state index < -0.39 is 0 Å². The summed E-state index contributed by atoms with van der Waals surface area (Å²) in [7, 11) is 0. The lowest BCUT2D eigenvalue weighted by Crippen LogP contribution is -2.31. The Morgan fingerprint density at radius 2 is 1.59 bits per heavy atom. The van der Waals surface area contributed by atoms with Crippen molar-refractivity contribution in [2.24, 2.45) is 5.92 Å². The first kappa shape index (κ1) is 16.1. The van der Waals surface area contributed by atoms with Crippen LogP contribution in [-0.4, -0.2) is 5.91 Å². The topological polar surface area (TPSA) is 38.3 Å². The average Bonchev–Trinajstić information content (AvgIpc) is 2.55. The number of benzene rings is 2. The molecule has 0 aliphatic carbocycles. The number of rotatable bonds is 6. The van der Waals surface area contributed by atoms with Crippen LogP contribution in [0.2, 0.25) is 0 Å². The minimum absolute atomic E-state index is 0.00715. The minimum Gasteiger partial charge on any atom is -0.457 e. The van der Waals surface area contributed by atoms with Crippen molar-refractivity contribution >= 4 is 5.91 Å². The van der Waals surface area contributed by atoms with Crippen molar-refractivity contribution in [1.29, 1.82) is 0 Å². The van der Waals surface area contributed by atoms with E-state index in [1.807, 2.05) is 75.4 Å². The molecule has 116 valence electrons. The molecule has 0 saturated heterocycles. The van der Waals surface area contributed by atoms with Gasteiger partial charge in [-0.15, -0.1) is 0 Å². The van der Waals surface area contributed by atoms with Gasteiger partial charge in [0.05, 0.1) is 6.04 Å². The van der Waals surface area contributed by atoms with E-state index in [4.69, 9.17) is 4.74 Å². The van der Waals surface area contributed by atoms with Crippen molar-refractivity contribution in [3.63, 3.8) is 0 Å². The van der Waals surface area contributed by atoms with Gasteiger partial charge in [-0.25, -0.2) is 0 Å². The van der Waals surface area contributed by atoms with Crippen molar-refractivity contribution in [3.8, 4) is 11.5 Å². The van der Waals surface area contributed by atoms with Gasteiger partial charge in [0, 0.05) is 5.92 Å². The minimum atomic E-state index is -0.00715. The van der Waals surface area contributed by atoms with Gasteiger partial charge in [0.15, 0.2) is 0 Å². The van der Waals surface area contributed by atoms with Crippen molar-refractivity contribution in [1.82, 2.24) is 5.32 Å². The summed E-state index contributed by atoms with van der Waals surface area (Å²) in [5, 5.41) is 3.04. The Labute approximate surface area is 132 Å². The van der Waals surface area contributed by atoms with Gasteiger partial charge in [0.2, 0.25) is 5.91 Å². The predicted molar refractivity (Wildman–Crippen MR) is 89.0 cm³/mol. The molecule has 22 heavy (non-hydrogen) atoms. The zero-order chi connectivity index (χ0) is 15.9. The molecule has 0 aromatic heterocycles. The van der Waals surface area contributed by atoms with E-state index in [1.165, 1.54) is 0 Å². The van der Waals surface area contributed by atoms with Gasteiger partial charge in [-0.2, -0.15) is 0 Å². The zero-order valence-corrected chi connectivity index (χ0v) is 13.4. The zero-order valence-electron chi connectivity index (χ0n) is 13.4. The van der Waals surface area contributed by atoms with Gasteiger partial charge in [-0.3, -0.25) is 4.79 Å². The Kier molecular flexibility index (Phi) is 5.59. The Bertz CT molecular complexity index is 593. The first-order valence-electron chi connectivity index (χ1n) is 7.73. The second-order valence-electron chi connectivity index (χ2n) is 5.52. The summed E-state index contributed by atoms with van der Waals surface area (Å²) in [5.41, 5.74) is 1.07. The molecule has 2 aromatic carbocycles. The first-order valence-corrected chi connectivity index (χ1v) is 7.73. The molecule has 1 N–H and O–H groups in total. The maximum Gasteiger partial charge on any atom is 0.223 e. The van der Waals surface area contributed by atoms with Crippen LogP contribution in [-0.2, 0) is 4.79 Å². The standard InChI is InChI=1S/C19H23NO2/c1-4-14(2)19(21)20-15(3)16-10-12-18(13-11-16)22-17-8-6-5-7-9-17/h5-15H,4H2,1-3H3,(H,20,21)/t14-,15-/m0/s1. The summed E-state index contributed by atoms with van der Waals surface area (Å²) in [6.45, 7) is 5.96. The predicted octanol–water partition coefficient (Wildman–Crippen LogP) is 4.70. The first-order chi connectivity index (χ1) is 10.6. The van der Waals surface area contributed by atoms with E-state index >= 15 is 0 Å². The van der Waals surface area contributed by atoms with E-state index in [-0.39, 0.29) is 17.9 Å². The summed E-state index contributed by atoms with van der Waals surface area (Å²) in [5.74, 6) is 1.74. The highest BCUT2D eigenvalue weighted by atomic mass is 16.5. The molecule has 3 heteroatoms. The van der Waals surface area contributed by atoms with Gasteiger partial charge >= 0.3 is 0 Å². The second-order valence-corrected chi connectivity index (χ2v) is 5.52. The molecule has 1 amide bonds. The highest BCUT2D eigenvalue weighted by Crippen LogP contribution is 2.23. The molecule has 0 unspecified atom stereocenters. The van der Waals surface area contributed by atoms with Crippen LogP contribution in [0.15, 0.2) is 54.6 Å². The molecule has 2 atom stereocenters. The molecule has 0 fully saturated rings. The molecule has 2 aromatic rings. The molecule has 0 bridgehead atoms. The van der Waals surface area contributed by atoms with E-state index in [1.54, 1.807) is 0 Å². The number of carbonyl (C=O) groups is 1. The van der Waals surface area contributed by atoms with Crippen LogP contribution in [0.5, 0.6) is 11.5 Å².